The summed E-state index contributed by atoms with van der Waals surface area (Å²) in [5, 5.41) is 14.8. The quantitative estimate of drug-likeness (QED) is 0.465. The largest absolute Gasteiger partial charge is 0.506 e. The van der Waals surface area contributed by atoms with Crippen molar-refractivity contribution in [2.24, 2.45) is 0 Å². The molecule has 0 saturated heterocycles. The summed E-state index contributed by atoms with van der Waals surface area (Å²) in [6.07, 6.45) is 0.505. The van der Waals surface area contributed by atoms with E-state index in [0.717, 1.165) is 6.21 Å². The van der Waals surface area contributed by atoms with E-state index in [4.69, 9.17) is 10.5 Å². The first-order valence-electron chi connectivity index (χ1n) is 3.09. The van der Waals surface area contributed by atoms with Crippen LogP contribution in [0.2, 0.25) is 0 Å². The number of carbonyl (C=O) groups is 1. The normalized spacial score (nSPS) is 12.1. The van der Waals surface area contributed by atoms with Gasteiger partial charge in [0.25, 0.3) is 0 Å². The zero-order valence-electron chi connectivity index (χ0n) is 5.83. The second kappa shape index (κ2) is 4.78. The van der Waals surface area contributed by atoms with Crippen LogP contribution in [0.4, 0.5) is 4.79 Å². The number of ether oxygens (including phenoxy) is 1. The fraction of sp³-hybridized carbons (Fsp3) is 0.667. The van der Waals surface area contributed by atoms with Crippen molar-refractivity contribution in [3.8, 4) is 0 Å². The van der Waals surface area contributed by atoms with Crippen molar-refractivity contribution >= 4 is 12.4 Å². The van der Waals surface area contributed by atoms with E-state index in [0.29, 0.717) is 12.8 Å². The van der Waals surface area contributed by atoms with Gasteiger partial charge in [-0.1, -0.05) is 6.92 Å². The van der Waals surface area contributed by atoms with Gasteiger partial charge in [-0.2, -0.15) is 0 Å². The van der Waals surface area contributed by atoms with Gasteiger partial charge < -0.3 is 15.3 Å². The molecule has 0 aromatic rings. The minimum Gasteiger partial charge on any atom is -0.450 e. The highest BCUT2D eigenvalue weighted by Gasteiger charge is 2.08. The van der Waals surface area contributed by atoms with Crippen LogP contribution in [0.25, 0.3) is 0 Å². The summed E-state index contributed by atoms with van der Waals surface area (Å²) in [5.74, 6) is 0. The summed E-state index contributed by atoms with van der Waals surface area (Å²) in [4.78, 5) is 9.95. The van der Waals surface area contributed by atoms with Crippen LogP contribution in [0.1, 0.15) is 19.8 Å². The second-order valence-corrected chi connectivity index (χ2v) is 1.85. The average molecular weight is 145 g/mol. The van der Waals surface area contributed by atoms with Crippen LogP contribution in [0.5, 0.6) is 0 Å². The molecule has 0 bridgehead atoms. The molecule has 58 valence electrons. The zero-order valence-corrected chi connectivity index (χ0v) is 5.83. The number of rotatable bonds is 4. The fourth-order valence-electron chi connectivity index (χ4n) is 0.572. The molecule has 4 heteroatoms. The monoisotopic (exact) mass is 145 g/mol. The van der Waals surface area contributed by atoms with E-state index in [-0.39, 0.29) is 6.10 Å². The Kier molecular flexibility index (Phi) is 4.28. The van der Waals surface area contributed by atoms with Crippen LogP contribution in [0.15, 0.2) is 0 Å². The minimum atomic E-state index is -1.27. The molecule has 2 N–H and O–H groups in total. The summed E-state index contributed by atoms with van der Waals surface area (Å²) >= 11 is 0. The first-order chi connectivity index (χ1) is 4.70. The molecule has 0 rings (SSSR count). The van der Waals surface area contributed by atoms with Gasteiger partial charge in [0.2, 0.25) is 0 Å². The van der Waals surface area contributed by atoms with Gasteiger partial charge in [0.15, 0.2) is 0 Å². The third-order valence-electron chi connectivity index (χ3n) is 1.10. The Balaban J connectivity index is 3.59. The summed E-state index contributed by atoms with van der Waals surface area (Å²) in [6, 6.07) is 0. The predicted octanol–water partition coefficient (Wildman–Crippen LogP) is 1.50. The van der Waals surface area contributed by atoms with Crippen LogP contribution >= 0.6 is 0 Å². The van der Waals surface area contributed by atoms with Gasteiger partial charge in [-0.05, 0) is 12.6 Å². The maximum Gasteiger partial charge on any atom is 0.506 e. The maximum absolute atomic E-state index is 9.95. The maximum atomic E-state index is 9.95. The predicted molar refractivity (Wildman–Crippen MR) is 36.6 cm³/mol. The van der Waals surface area contributed by atoms with Gasteiger partial charge in [0, 0.05) is 6.42 Å². The molecule has 1 unspecified atom stereocenters. The SMILES string of the molecule is CCC(CC=N)OC(=O)O. The van der Waals surface area contributed by atoms with Crippen molar-refractivity contribution in [3.63, 3.8) is 0 Å². The second-order valence-electron chi connectivity index (χ2n) is 1.85. The molecule has 0 aliphatic carbocycles. The molecule has 0 amide bonds. The Morgan fingerprint density at radius 1 is 1.90 bits per heavy atom. The molecule has 0 aliphatic rings. The number of hydrogen-bond acceptors (Lipinski definition) is 3. The third-order valence-corrected chi connectivity index (χ3v) is 1.10. The van der Waals surface area contributed by atoms with E-state index in [1.807, 2.05) is 6.92 Å². The third kappa shape index (κ3) is 3.88. The minimum absolute atomic E-state index is 0.352. The smallest absolute Gasteiger partial charge is 0.450 e. The van der Waals surface area contributed by atoms with Crippen molar-refractivity contribution in [2.45, 2.75) is 25.9 Å². The Morgan fingerprint density at radius 3 is 2.80 bits per heavy atom. The van der Waals surface area contributed by atoms with Crippen molar-refractivity contribution in [1.82, 2.24) is 0 Å². The standard InChI is InChI=1S/C6H11NO3/c1-2-5(3-4-7)10-6(8)9/h4-5,7H,2-3H2,1H3,(H,8,9). The number of hydrogen-bond donors (Lipinski definition) is 2. The lowest BCUT2D eigenvalue weighted by Gasteiger charge is -2.09. The van der Waals surface area contributed by atoms with Gasteiger partial charge in [-0.15, -0.1) is 0 Å². The zero-order chi connectivity index (χ0) is 7.98. The summed E-state index contributed by atoms with van der Waals surface area (Å²) in [7, 11) is 0. The van der Waals surface area contributed by atoms with E-state index in [1.165, 1.54) is 0 Å². The molecule has 4 nitrogen and oxygen atoms in total. The van der Waals surface area contributed by atoms with Gasteiger partial charge in [-0.3, -0.25) is 0 Å². The molecule has 0 radical (unpaired) electrons. The van der Waals surface area contributed by atoms with Gasteiger partial charge >= 0.3 is 6.16 Å². The first kappa shape index (κ1) is 8.94. The Labute approximate surface area is 59.3 Å². The highest BCUT2D eigenvalue weighted by molar-refractivity contribution is 5.59. The average Bonchev–Trinajstić information content (AvgIpc) is 1.86. The van der Waals surface area contributed by atoms with E-state index >= 15 is 0 Å². The van der Waals surface area contributed by atoms with Gasteiger partial charge in [0.05, 0.1) is 0 Å². The lowest BCUT2D eigenvalue weighted by molar-refractivity contribution is 0.0535. The molecule has 0 spiro atoms. The first-order valence-corrected chi connectivity index (χ1v) is 3.09. The molecule has 10 heavy (non-hydrogen) atoms. The fourth-order valence-corrected chi connectivity index (χ4v) is 0.572. The van der Waals surface area contributed by atoms with Crippen LogP contribution < -0.4 is 0 Å². The van der Waals surface area contributed by atoms with Gasteiger partial charge in [0.1, 0.15) is 6.10 Å². The van der Waals surface area contributed by atoms with Crippen LogP contribution in [-0.4, -0.2) is 23.6 Å². The lowest BCUT2D eigenvalue weighted by atomic mass is 10.2. The van der Waals surface area contributed by atoms with E-state index < -0.39 is 6.16 Å². The molecule has 0 heterocycles. The Hall–Kier alpha value is -1.06. The lowest BCUT2D eigenvalue weighted by Crippen LogP contribution is -2.15. The van der Waals surface area contributed by atoms with Crippen molar-refractivity contribution in [2.75, 3.05) is 0 Å². The molecule has 1 atom stereocenters. The number of carboxylic acid groups (broad SMARTS) is 1. The highest BCUT2D eigenvalue weighted by Crippen LogP contribution is 2.00. The van der Waals surface area contributed by atoms with Crippen LogP contribution in [-0.2, 0) is 4.74 Å². The summed E-state index contributed by atoms with van der Waals surface area (Å²) in [6.45, 7) is 1.82. The Morgan fingerprint density at radius 2 is 2.50 bits per heavy atom. The van der Waals surface area contributed by atoms with Crippen molar-refractivity contribution < 1.29 is 14.6 Å². The topological polar surface area (TPSA) is 70.4 Å². The molecule has 0 aromatic heterocycles. The van der Waals surface area contributed by atoms with Crippen LogP contribution in [0.3, 0.4) is 0 Å². The summed E-state index contributed by atoms with van der Waals surface area (Å²) < 4.78 is 4.41. The molecule has 0 saturated carbocycles. The molecule has 0 fully saturated rings. The Bertz CT molecular complexity index is 124. The number of nitrogens with one attached hydrogen (secondary N) is 1. The highest BCUT2D eigenvalue weighted by atomic mass is 16.7. The van der Waals surface area contributed by atoms with E-state index in [2.05, 4.69) is 4.74 Å². The molecule has 0 aliphatic heterocycles. The summed E-state index contributed by atoms with van der Waals surface area (Å²) in [5.41, 5.74) is 0. The van der Waals surface area contributed by atoms with Crippen molar-refractivity contribution in [1.29, 1.82) is 5.41 Å². The van der Waals surface area contributed by atoms with Crippen molar-refractivity contribution in [3.05, 3.63) is 0 Å². The molecular formula is C6H11NO3. The van der Waals surface area contributed by atoms with E-state index in [1.54, 1.807) is 0 Å². The van der Waals surface area contributed by atoms with Gasteiger partial charge in [-0.25, -0.2) is 4.79 Å². The van der Waals surface area contributed by atoms with E-state index in [9.17, 15) is 4.79 Å². The molecule has 0 aromatic carbocycles. The van der Waals surface area contributed by atoms with Crippen LogP contribution in [0, 0.1) is 5.41 Å². The molecular weight excluding hydrogens is 134 g/mol.